The summed E-state index contributed by atoms with van der Waals surface area (Å²) in [6.07, 6.45) is 4.77. The summed E-state index contributed by atoms with van der Waals surface area (Å²) in [7, 11) is 0. The maximum atomic E-state index is 9.71. The van der Waals surface area contributed by atoms with E-state index < -0.39 is 0 Å². The summed E-state index contributed by atoms with van der Waals surface area (Å²) < 4.78 is 1.79. The number of aliphatic hydroxyl groups excluding tert-OH is 1. The zero-order valence-electron chi connectivity index (χ0n) is 12.6. The molecule has 1 heterocycles. The highest BCUT2D eigenvalue weighted by atomic mass is 35.5. The summed E-state index contributed by atoms with van der Waals surface area (Å²) in [5, 5.41) is 15.0. The molecular formula is C17H21ClN2O. The Bertz CT molecular complexity index is 657. The first-order valence-electron chi connectivity index (χ1n) is 7.57. The Labute approximate surface area is 130 Å². The van der Waals surface area contributed by atoms with Crippen molar-refractivity contribution in [3.05, 3.63) is 45.7 Å². The third-order valence-corrected chi connectivity index (χ3v) is 4.83. The Hall–Kier alpha value is -1.32. The minimum absolute atomic E-state index is 0.0461. The lowest BCUT2D eigenvalue weighted by molar-refractivity contribution is 0.280. The van der Waals surface area contributed by atoms with Crippen LogP contribution >= 0.6 is 11.6 Å². The maximum absolute atomic E-state index is 9.71. The van der Waals surface area contributed by atoms with E-state index in [1.165, 1.54) is 18.4 Å². The van der Waals surface area contributed by atoms with Crippen molar-refractivity contribution in [1.29, 1.82) is 0 Å². The Morgan fingerprint density at radius 1 is 1.29 bits per heavy atom. The lowest BCUT2D eigenvalue weighted by Crippen LogP contribution is -2.02. The number of aryl methyl sites for hydroxylation is 2. The van der Waals surface area contributed by atoms with Gasteiger partial charge in [-0.1, -0.05) is 36.6 Å². The Kier molecular flexibility index (Phi) is 4.05. The molecule has 0 spiro atoms. The van der Waals surface area contributed by atoms with Gasteiger partial charge in [-0.3, -0.25) is 0 Å². The third kappa shape index (κ3) is 2.60. The smallest absolute Gasteiger partial charge is 0.138 e. The lowest BCUT2D eigenvalue weighted by atomic mass is 10.0. The molecule has 0 bridgehead atoms. The summed E-state index contributed by atoms with van der Waals surface area (Å²) in [5.41, 5.74) is 5.09. The Morgan fingerprint density at radius 3 is 2.67 bits per heavy atom. The molecule has 1 N–H and O–H groups in total. The third-order valence-electron chi connectivity index (χ3n) is 4.44. The first kappa shape index (κ1) is 14.6. The molecule has 1 aliphatic rings. The minimum atomic E-state index is -0.0461. The van der Waals surface area contributed by atoms with Gasteiger partial charge in [0.2, 0.25) is 0 Å². The molecule has 0 saturated heterocycles. The van der Waals surface area contributed by atoms with Gasteiger partial charge in [-0.15, -0.1) is 0 Å². The van der Waals surface area contributed by atoms with Gasteiger partial charge in [0.25, 0.3) is 0 Å². The van der Waals surface area contributed by atoms with Crippen LogP contribution in [-0.2, 0) is 6.61 Å². The molecule has 1 aliphatic carbocycles. The molecule has 3 nitrogen and oxygen atoms in total. The molecule has 0 unspecified atom stereocenters. The molecule has 1 aromatic heterocycles. The van der Waals surface area contributed by atoms with E-state index in [0.717, 1.165) is 35.3 Å². The van der Waals surface area contributed by atoms with E-state index in [-0.39, 0.29) is 6.61 Å². The van der Waals surface area contributed by atoms with Crippen molar-refractivity contribution in [3.63, 3.8) is 0 Å². The van der Waals surface area contributed by atoms with Crippen molar-refractivity contribution in [2.24, 2.45) is 0 Å². The summed E-state index contributed by atoms with van der Waals surface area (Å²) >= 11 is 6.51. The van der Waals surface area contributed by atoms with Crippen LogP contribution in [0, 0.1) is 13.8 Å². The predicted octanol–water partition coefficient (Wildman–Crippen LogP) is 4.29. The average Bonchev–Trinajstić information content (AvgIpc) is 3.09. The van der Waals surface area contributed by atoms with Crippen molar-refractivity contribution in [3.8, 4) is 5.69 Å². The standard InChI is InChI=1S/C17H21ClN2O/c1-11-7-8-12(2)15(9-11)20-17(18)14(10-21)16(19-20)13-5-3-4-6-13/h7-9,13,21H,3-6,10H2,1-2H3. The van der Waals surface area contributed by atoms with Crippen LogP contribution in [0.1, 0.15) is 54.0 Å². The van der Waals surface area contributed by atoms with Crippen LogP contribution in [0.25, 0.3) is 5.69 Å². The quantitative estimate of drug-likeness (QED) is 0.918. The highest BCUT2D eigenvalue weighted by Gasteiger charge is 2.26. The van der Waals surface area contributed by atoms with Crippen LogP contribution in [0.4, 0.5) is 0 Å². The number of nitrogens with zero attached hydrogens (tertiary/aromatic N) is 2. The van der Waals surface area contributed by atoms with Crippen molar-refractivity contribution in [1.82, 2.24) is 9.78 Å². The van der Waals surface area contributed by atoms with Gasteiger partial charge in [0.05, 0.1) is 18.0 Å². The van der Waals surface area contributed by atoms with Gasteiger partial charge < -0.3 is 5.11 Å². The van der Waals surface area contributed by atoms with Crippen molar-refractivity contribution >= 4 is 11.6 Å². The summed E-state index contributed by atoms with van der Waals surface area (Å²) in [5.74, 6) is 0.441. The topological polar surface area (TPSA) is 38.0 Å². The first-order chi connectivity index (χ1) is 10.1. The van der Waals surface area contributed by atoms with Crippen molar-refractivity contribution in [2.45, 2.75) is 52.1 Å². The van der Waals surface area contributed by atoms with Gasteiger partial charge in [0.1, 0.15) is 5.15 Å². The molecule has 112 valence electrons. The van der Waals surface area contributed by atoms with E-state index >= 15 is 0 Å². The number of rotatable bonds is 3. The normalized spacial score (nSPS) is 15.8. The fourth-order valence-electron chi connectivity index (χ4n) is 3.23. The van der Waals surface area contributed by atoms with Gasteiger partial charge in [-0.2, -0.15) is 5.10 Å². The van der Waals surface area contributed by atoms with Crippen molar-refractivity contribution in [2.75, 3.05) is 0 Å². The van der Waals surface area contributed by atoms with E-state index in [0.29, 0.717) is 11.1 Å². The number of hydrogen-bond donors (Lipinski definition) is 1. The second-order valence-corrected chi connectivity index (χ2v) is 6.35. The fraction of sp³-hybridized carbons (Fsp3) is 0.471. The van der Waals surface area contributed by atoms with Crippen LogP contribution in [0.3, 0.4) is 0 Å². The maximum Gasteiger partial charge on any atom is 0.138 e. The van der Waals surface area contributed by atoms with Gasteiger partial charge in [0.15, 0.2) is 0 Å². The highest BCUT2D eigenvalue weighted by Crippen LogP contribution is 2.38. The Morgan fingerprint density at radius 2 is 2.00 bits per heavy atom. The zero-order chi connectivity index (χ0) is 15.0. The predicted molar refractivity (Wildman–Crippen MR) is 85.2 cm³/mol. The summed E-state index contributed by atoms with van der Waals surface area (Å²) in [6, 6.07) is 6.26. The SMILES string of the molecule is Cc1ccc(C)c(-n2nc(C3CCCC3)c(CO)c2Cl)c1. The highest BCUT2D eigenvalue weighted by molar-refractivity contribution is 6.30. The number of aliphatic hydroxyl groups is 1. The number of aromatic nitrogens is 2. The van der Waals surface area contributed by atoms with Crippen LogP contribution in [-0.4, -0.2) is 14.9 Å². The van der Waals surface area contributed by atoms with E-state index in [9.17, 15) is 5.11 Å². The molecule has 21 heavy (non-hydrogen) atoms. The molecule has 3 rings (SSSR count). The van der Waals surface area contributed by atoms with E-state index in [2.05, 4.69) is 32.0 Å². The molecule has 2 aromatic rings. The van der Waals surface area contributed by atoms with Crippen LogP contribution in [0.15, 0.2) is 18.2 Å². The lowest BCUT2D eigenvalue weighted by Gasteiger charge is -2.09. The first-order valence-corrected chi connectivity index (χ1v) is 7.95. The molecule has 0 atom stereocenters. The second-order valence-electron chi connectivity index (χ2n) is 6.00. The van der Waals surface area contributed by atoms with Gasteiger partial charge in [0, 0.05) is 11.5 Å². The molecule has 4 heteroatoms. The van der Waals surface area contributed by atoms with E-state index in [1.54, 1.807) is 4.68 Å². The van der Waals surface area contributed by atoms with Crippen LogP contribution < -0.4 is 0 Å². The number of hydrogen-bond acceptors (Lipinski definition) is 2. The molecule has 1 saturated carbocycles. The summed E-state index contributed by atoms with van der Waals surface area (Å²) in [4.78, 5) is 0. The molecule has 0 aliphatic heterocycles. The molecule has 1 aromatic carbocycles. The second kappa shape index (κ2) is 5.82. The minimum Gasteiger partial charge on any atom is -0.391 e. The average molecular weight is 305 g/mol. The Balaban J connectivity index is 2.12. The van der Waals surface area contributed by atoms with Gasteiger partial charge in [-0.05, 0) is 43.9 Å². The molecule has 1 fully saturated rings. The zero-order valence-corrected chi connectivity index (χ0v) is 13.3. The monoisotopic (exact) mass is 304 g/mol. The van der Waals surface area contributed by atoms with Gasteiger partial charge >= 0.3 is 0 Å². The molecule has 0 amide bonds. The largest absolute Gasteiger partial charge is 0.391 e. The molecule has 0 radical (unpaired) electrons. The van der Waals surface area contributed by atoms with Crippen molar-refractivity contribution < 1.29 is 5.11 Å². The van der Waals surface area contributed by atoms with Crippen LogP contribution in [0.5, 0.6) is 0 Å². The molecular weight excluding hydrogens is 284 g/mol. The van der Waals surface area contributed by atoms with E-state index in [4.69, 9.17) is 16.7 Å². The van der Waals surface area contributed by atoms with Gasteiger partial charge in [-0.25, -0.2) is 4.68 Å². The number of halogens is 1. The fourth-order valence-corrected chi connectivity index (χ4v) is 3.51. The van der Waals surface area contributed by atoms with E-state index in [1.807, 2.05) is 0 Å². The van der Waals surface area contributed by atoms with Crippen LogP contribution in [0.2, 0.25) is 5.15 Å². The summed E-state index contributed by atoms with van der Waals surface area (Å²) in [6.45, 7) is 4.07. The number of benzene rings is 1.